The number of nitro benzene ring substituents is 1. The number of halogens is 1. The molecule has 0 unspecified atom stereocenters. The van der Waals surface area contributed by atoms with E-state index in [0.29, 0.717) is 5.56 Å². The van der Waals surface area contributed by atoms with Crippen LogP contribution in [0.25, 0.3) is 0 Å². The van der Waals surface area contributed by atoms with Crippen molar-refractivity contribution in [1.82, 2.24) is 0 Å². The minimum absolute atomic E-state index is 0.0884. The number of nitriles is 1. The van der Waals surface area contributed by atoms with Crippen molar-refractivity contribution in [2.24, 2.45) is 0 Å². The van der Waals surface area contributed by atoms with Crippen LogP contribution in [0.4, 0.5) is 15.8 Å². The molecule has 0 fully saturated rings. The van der Waals surface area contributed by atoms with Crippen LogP contribution in [0.1, 0.15) is 11.1 Å². The van der Waals surface area contributed by atoms with Gasteiger partial charge in [-0.15, -0.1) is 0 Å². The van der Waals surface area contributed by atoms with E-state index in [9.17, 15) is 19.6 Å². The molecule has 0 aliphatic heterocycles. The predicted molar refractivity (Wildman–Crippen MR) is 73.2 cm³/mol. The second-order valence-corrected chi connectivity index (χ2v) is 4.24. The van der Waals surface area contributed by atoms with Crippen LogP contribution in [-0.4, -0.2) is 10.0 Å². The van der Waals surface area contributed by atoms with Crippen LogP contribution in [0.2, 0.25) is 0 Å². The first-order chi connectivity index (χ1) is 10.0. The Kier molecular flexibility index (Phi) is 4.00. The van der Waals surface area contributed by atoms with Gasteiger partial charge in [0.15, 0.2) is 0 Å². The van der Waals surface area contributed by atoms with E-state index in [1.54, 1.807) is 6.07 Å². The van der Waals surface area contributed by atoms with Crippen LogP contribution >= 0.6 is 0 Å². The number of phenols is 1. The van der Waals surface area contributed by atoms with Gasteiger partial charge in [0.2, 0.25) is 0 Å². The van der Waals surface area contributed by atoms with E-state index in [1.165, 1.54) is 30.3 Å². The van der Waals surface area contributed by atoms with E-state index in [-0.39, 0.29) is 29.2 Å². The molecule has 0 aromatic heterocycles. The fraction of sp³-hybridized carbons (Fsp3) is 0.0714. The zero-order chi connectivity index (χ0) is 15.4. The molecule has 21 heavy (non-hydrogen) atoms. The van der Waals surface area contributed by atoms with Crippen LogP contribution in [0.3, 0.4) is 0 Å². The number of nitro groups is 1. The molecule has 2 aromatic rings. The van der Waals surface area contributed by atoms with Crippen LogP contribution < -0.4 is 5.32 Å². The number of nitrogens with one attached hydrogen (secondary N) is 1. The lowest BCUT2D eigenvalue weighted by Crippen LogP contribution is -2.03. The van der Waals surface area contributed by atoms with Gasteiger partial charge in [0.1, 0.15) is 23.3 Å². The van der Waals surface area contributed by atoms with Gasteiger partial charge in [-0.25, -0.2) is 4.39 Å². The molecule has 2 N–H and O–H groups in total. The van der Waals surface area contributed by atoms with Crippen molar-refractivity contribution in [3.05, 3.63) is 63.5 Å². The molecule has 0 saturated heterocycles. The smallest absolute Gasteiger partial charge is 0.296 e. The topological polar surface area (TPSA) is 99.2 Å². The minimum atomic E-state index is -0.618. The zero-order valence-corrected chi connectivity index (χ0v) is 10.7. The van der Waals surface area contributed by atoms with Gasteiger partial charge in [-0.3, -0.25) is 10.1 Å². The summed E-state index contributed by atoms with van der Waals surface area (Å²) in [7, 11) is 0. The highest BCUT2D eigenvalue weighted by Gasteiger charge is 2.14. The summed E-state index contributed by atoms with van der Waals surface area (Å²) in [6.07, 6.45) is 0. The van der Waals surface area contributed by atoms with E-state index in [1.807, 2.05) is 0 Å². The van der Waals surface area contributed by atoms with E-state index in [0.717, 1.165) is 6.07 Å². The average molecular weight is 287 g/mol. The summed E-state index contributed by atoms with van der Waals surface area (Å²) in [5.74, 6) is -0.822. The van der Waals surface area contributed by atoms with Crippen molar-refractivity contribution in [2.45, 2.75) is 6.54 Å². The van der Waals surface area contributed by atoms with Gasteiger partial charge >= 0.3 is 0 Å². The Morgan fingerprint density at radius 2 is 2.10 bits per heavy atom. The van der Waals surface area contributed by atoms with Crippen molar-refractivity contribution in [3.63, 3.8) is 0 Å². The predicted octanol–water partition coefficient (Wildman–Crippen LogP) is 2.92. The van der Waals surface area contributed by atoms with Gasteiger partial charge in [0.25, 0.3) is 5.69 Å². The summed E-state index contributed by atoms with van der Waals surface area (Å²) in [5.41, 5.74) is 0.475. The minimum Gasteiger partial charge on any atom is -0.508 e. The van der Waals surface area contributed by atoms with Gasteiger partial charge in [0, 0.05) is 6.54 Å². The standard InChI is InChI=1S/C14H10FN3O3/c15-12-3-1-9(5-10(12)7-16)8-17-13-4-2-11(19)6-14(13)18(20)21/h1-6,17,19H,8H2. The highest BCUT2D eigenvalue weighted by Crippen LogP contribution is 2.28. The second kappa shape index (κ2) is 5.88. The van der Waals surface area contributed by atoms with Crippen LogP contribution in [0.15, 0.2) is 36.4 Å². The van der Waals surface area contributed by atoms with Gasteiger partial charge in [-0.1, -0.05) is 6.07 Å². The molecule has 0 aliphatic carbocycles. The molecular formula is C14H10FN3O3. The zero-order valence-electron chi connectivity index (χ0n) is 10.7. The number of hydrogen-bond acceptors (Lipinski definition) is 5. The number of phenolic OH excluding ortho intramolecular Hbond substituents is 1. The third kappa shape index (κ3) is 3.25. The molecule has 7 heteroatoms. The molecule has 0 saturated carbocycles. The molecular weight excluding hydrogens is 277 g/mol. The Labute approximate surface area is 119 Å². The van der Waals surface area contributed by atoms with Gasteiger partial charge in [-0.05, 0) is 29.8 Å². The largest absolute Gasteiger partial charge is 0.508 e. The first-order valence-corrected chi connectivity index (χ1v) is 5.91. The van der Waals surface area contributed by atoms with Crippen LogP contribution in [0.5, 0.6) is 5.75 Å². The second-order valence-electron chi connectivity index (χ2n) is 4.24. The van der Waals surface area contributed by atoms with Crippen molar-refractivity contribution >= 4 is 11.4 Å². The summed E-state index contributed by atoms with van der Waals surface area (Å²) >= 11 is 0. The number of anilines is 1. The third-order valence-electron chi connectivity index (χ3n) is 2.81. The normalized spacial score (nSPS) is 9.90. The van der Waals surface area contributed by atoms with Crippen molar-refractivity contribution in [1.29, 1.82) is 5.26 Å². The number of hydrogen-bond donors (Lipinski definition) is 2. The Bertz CT molecular complexity index is 741. The lowest BCUT2D eigenvalue weighted by Gasteiger charge is -2.08. The maximum Gasteiger partial charge on any atom is 0.296 e. The molecule has 2 aromatic carbocycles. The van der Waals surface area contributed by atoms with E-state index in [4.69, 9.17) is 5.26 Å². The van der Waals surface area contributed by atoms with E-state index >= 15 is 0 Å². The fourth-order valence-corrected chi connectivity index (χ4v) is 1.79. The summed E-state index contributed by atoms with van der Waals surface area (Å²) in [4.78, 5) is 10.3. The average Bonchev–Trinajstić information content (AvgIpc) is 2.47. The number of aromatic hydroxyl groups is 1. The molecule has 0 atom stereocenters. The third-order valence-corrected chi connectivity index (χ3v) is 2.81. The highest BCUT2D eigenvalue weighted by atomic mass is 19.1. The fourth-order valence-electron chi connectivity index (χ4n) is 1.79. The van der Waals surface area contributed by atoms with Crippen LogP contribution in [0, 0.1) is 27.3 Å². The lowest BCUT2D eigenvalue weighted by molar-refractivity contribution is -0.384. The first-order valence-electron chi connectivity index (χ1n) is 5.91. The van der Waals surface area contributed by atoms with E-state index < -0.39 is 10.7 Å². The summed E-state index contributed by atoms with van der Waals surface area (Å²) in [6, 6.07) is 9.48. The van der Waals surface area contributed by atoms with Crippen molar-refractivity contribution in [3.8, 4) is 11.8 Å². The van der Waals surface area contributed by atoms with Crippen LogP contribution in [-0.2, 0) is 6.54 Å². The molecule has 106 valence electrons. The molecule has 0 bridgehead atoms. The number of nitrogens with zero attached hydrogens (tertiary/aromatic N) is 2. The molecule has 0 aliphatic rings. The quantitative estimate of drug-likeness (QED) is 0.511. The van der Waals surface area contributed by atoms with Gasteiger partial charge in [-0.2, -0.15) is 5.26 Å². The molecule has 6 nitrogen and oxygen atoms in total. The monoisotopic (exact) mass is 287 g/mol. The van der Waals surface area contributed by atoms with Crippen molar-refractivity contribution < 1.29 is 14.4 Å². The number of rotatable bonds is 4. The van der Waals surface area contributed by atoms with Crippen molar-refractivity contribution in [2.75, 3.05) is 5.32 Å². The highest BCUT2D eigenvalue weighted by molar-refractivity contribution is 5.63. The molecule has 0 amide bonds. The summed E-state index contributed by atoms with van der Waals surface area (Å²) in [6.45, 7) is 0.181. The Morgan fingerprint density at radius 3 is 2.76 bits per heavy atom. The van der Waals surface area contributed by atoms with Gasteiger partial charge in [0.05, 0.1) is 16.6 Å². The maximum absolute atomic E-state index is 13.2. The molecule has 0 heterocycles. The Balaban J connectivity index is 2.21. The first kappa shape index (κ1) is 14.3. The Morgan fingerprint density at radius 1 is 1.33 bits per heavy atom. The number of benzene rings is 2. The maximum atomic E-state index is 13.2. The molecule has 0 radical (unpaired) electrons. The van der Waals surface area contributed by atoms with E-state index in [2.05, 4.69) is 5.32 Å². The summed E-state index contributed by atoms with van der Waals surface area (Å²) in [5, 5.41) is 31.7. The lowest BCUT2D eigenvalue weighted by atomic mass is 10.1. The SMILES string of the molecule is N#Cc1cc(CNc2ccc(O)cc2[N+](=O)[O-])ccc1F. The molecule has 2 rings (SSSR count). The van der Waals surface area contributed by atoms with Gasteiger partial charge < -0.3 is 10.4 Å². The summed E-state index contributed by atoms with van der Waals surface area (Å²) < 4.78 is 13.2. The molecule has 0 spiro atoms. The Hall–Kier alpha value is -3.14.